The van der Waals surface area contributed by atoms with E-state index in [9.17, 15) is 13.2 Å². The zero-order chi connectivity index (χ0) is 11.3. The van der Waals surface area contributed by atoms with Crippen LogP contribution in [0.5, 0.6) is 0 Å². The van der Waals surface area contributed by atoms with Crippen LogP contribution in [0.25, 0.3) is 21.8 Å². The van der Waals surface area contributed by atoms with Crippen LogP contribution in [0.2, 0.25) is 0 Å². The minimum atomic E-state index is -4.37. The van der Waals surface area contributed by atoms with Crippen LogP contribution in [0.4, 0.5) is 13.2 Å². The summed E-state index contributed by atoms with van der Waals surface area (Å²) >= 11 is 0. The molecule has 0 amide bonds. The van der Waals surface area contributed by atoms with Gasteiger partial charge in [0.25, 0.3) is 0 Å². The van der Waals surface area contributed by atoms with Gasteiger partial charge in [-0.1, -0.05) is 12.1 Å². The predicted octanol–water partition coefficient (Wildman–Crippen LogP) is 3.24. The van der Waals surface area contributed by atoms with E-state index in [4.69, 9.17) is 0 Å². The summed E-state index contributed by atoms with van der Waals surface area (Å²) in [5.74, 6) is 0. The summed E-state index contributed by atoms with van der Waals surface area (Å²) in [4.78, 5) is 7.74. The van der Waals surface area contributed by atoms with Crippen LogP contribution in [0.15, 0.2) is 30.6 Å². The second kappa shape index (κ2) is 2.81. The first-order valence-electron chi connectivity index (χ1n) is 4.60. The van der Waals surface area contributed by atoms with Crippen molar-refractivity contribution in [1.82, 2.24) is 9.97 Å². The second-order valence-electron chi connectivity index (χ2n) is 3.52. The minimum absolute atomic E-state index is 0.0926. The molecule has 4 aromatic rings. The van der Waals surface area contributed by atoms with Crippen molar-refractivity contribution in [1.29, 1.82) is 0 Å². The quantitative estimate of drug-likeness (QED) is 0.583. The molecule has 80 valence electrons. The lowest BCUT2D eigenvalue weighted by molar-refractivity contribution is -0.136. The topological polar surface area (TPSA) is 25.8 Å². The number of aromatic nitrogens is 2. The molecule has 5 heteroatoms. The van der Waals surface area contributed by atoms with Crippen molar-refractivity contribution in [2.24, 2.45) is 0 Å². The van der Waals surface area contributed by atoms with Gasteiger partial charge in [-0.05, 0) is 11.5 Å². The maximum Gasteiger partial charge on any atom is 0.417 e. The van der Waals surface area contributed by atoms with Crippen LogP contribution in [0, 0.1) is 0 Å². The van der Waals surface area contributed by atoms with Crippen molar-refractivity contribution < 1.29 is 13.2 Å². The molecule has 0 spiro atoms. The lowest BCUT2D eigenvalue weighted by Gasteiger charge is -2.12. The van der Waals surface area contributed by atoms with Gasteiger partial charge in [0.1, 0.15) is 0 Å². The third-order valence-electron chi connectivity index (χ3n) is 2.56. The van der Waals surface area contributed by atoms with Crippen molar-refractivity contribution in [2.75, 3.05) is 0 Å². The molecule has 0 aliphatic rings. The summed E-state index contributed by atoms with van der Waals surface area (Å²) < 4.78 is 38.3. The molecular weight excluding hydrogens is 217 g/mol. The summed E-state index contributed by atoms with van der Waals surface area (Å²) in [5, 5.41) is 1.26. The average Bonchev–Trinajstić information content (AvgIpc) is 2.29. The molecule has 3 aromatic heterocycles. The zero-order valence-electron chi connectivity index (χ0n) is 7.92. The van der Waals surface area contributed by atoms with E-state index in [-0.39, 0.29) is 11.0 Å². The van der Waals surface area contributed by atoms with Gasteiger partial charge in [0.2, 0.25) is 0 Å². The fraction of sp³-hybridized carbons (Fsp3) is 0.0909. The van der Waals surface area contributed by atoms with Crippen LogP contribution in [-0.4, -0.2) is 9.97 Å². The van der Waals surface area contributed by atoms with Gasteiger partial charge in [-0.3, -0.25) is 0 Å². The molecule has 0 saturated heterocycles. The largest absolute Gasteiger partial charge is 0.417 e. The van der Waals surface area contributed by atoms with Crippen LogP contribution < -0.4 is 0 Å². The second-order valence-corrected chi connectivity index (χ2v) is 3.52. The molecule has 0 aliphatic carbocycles. The Hall–Kier alpha value is -1.91. The fourth-order valence-corrected chi connectivity index (χ4v) is 1.87. The summed E-state index contributed by atoms with van der Waals surface area (Å²) in [5.41, 5.74) is -0.538. The minimum Gasteiger partial charge on any atom is -0.236 e. The molecule has 0 unspecified atom stereocenters. The number of benzene rings is 1. The van der Waals surface area contributed by atoms with Crippen molar-refractivity contribution in [2.45, 2.75) is 6.18 Å². The van der Waals surface area contributed by atoms with E-state index in [0.29, 0.717) is 10.8 Å². The van der Waals surface area contributed by atoms with Crippen molar-refractivity contribution in [3.05, 3.63) is 36.2 Å². The number of fused-ring (bicyclic) bond motifs is 2. The molecule has 0 fully saturated rings. The van der Waals surface area contributed by atoms with E-state index in [0.717, 1.165) is 6.07 Å². The van der Waals surface area contributed by atoms with Crippen molar-refractivity contribution >= 4 is 21.8 Å². The van der Waals surface area contributed by atoms with Crippen LogP contribution >= 0.6 is 0 Å². The molecule has 0 N–H and O–H groups in total. The van der Waals surface area contributed by atoms with Gasteiger partial charge >= 0.3 is 6.18 Å². The van der Waals surface area contributed by atoms with E-state index >= 15 is 0 Å². The third kappa shape index (κ3) is 1.14. The predicted molar refractivity (Wildman–Crippen MR) is 53.2 cm³/mol. The monoisotopic (exact) mass is 222 g/mol. The first-order valence-corrected chi connectivity index (χ1v) is 4.60. The number of hydrogen-bond acceptors (Lipinski definition) is 2. The SMILES string of the molecule is FC(F)(F)c1cccc2c3cnc(nc3)c12. The molecule has 4 rings (SSSR count). The highest BCUT2D eigenvalue weighted by Gasteiger charge is 2.33. The Balaban J connectivity index is 2.54. The number of nitrogens with zero attached hydrogens (tertiary/aromatic N) is 2. The molecular formula is C11H5F3N2. The average molecular weight is 222 g/mol. The van der Waals surface area contributed by atoms with Gasteiger partial charge in [-0.25, -0.2) is 9.97 Å². The number of hydrogen-bond donors (Lipinski definition) is 0. The van der Waals surface area contributed by atoms with Crippen molar-refractivity contribution in [3.8, 4) is 0 Å². The molecule has 1 aromatic carbocycles. The van der Waals surface area contributed by atoms with E-state index in [1.807, 2.05) is 0 Å². The molecule has 0 aliphatic heterocycles. The van der Waals surface area contributed by atoms with Crippen LogP contribution in [0.1, 0.15) is 5.56 Å². The molecule has 3 heterocycles. The Morgan fingerprint density at radius 1 is 1.00 bits per heavy atom. The van der Waals surface area contributed by atoms with E-state index in [1.54, 1.807) is 6.07 Å². The molecule has 0 radical (unpaired) electrons. The summed E-state index contributed by atoms with van der Waals surface area (Å²) in [6.45, 7) is 0. The highest BCUT2D eigenvalue weighted by Crippen LogP contribution is 2.37. The Kier molecular flexibility index (Phi) is 1.64. The molecule has 16 heavy (non-hydrogen) atoms. The van der Waals surface area contributed by atoms with E-state index in [1.165, 1.54) is 18.5 Å². The highest BCUT2D eigenvalue weighted by atomic mass is 19.4. The van der Waals surface area contributed by atoms with E-state index < -0.39 is 11.7 Å². The van der Waals surface area contributed by atoms with E-state index in [2.05, 4.69) is 9.97 Å². The Labute approximate surface area is 88.1 Å². The first kappa shape index (κ1) is 9.33. The zero-order valence-corrected chi connectivity index (χ0v) is 7.92. The first-order chi connectivity index (χ1) is 7.57. The van der Waals surface area contributed by atoms with Gasteiger partial charge in [0, 0.05) is 23.2 Å². The smallest absolute Gasteiger partial charge is 0.236 e. The normalized spacial score (nSPS) is 12.7. The number of pyridine rings is 2. The standard InChI is InChI=1S/C11H5F3N2/c12-11(13,14)8-3-1-2-7-6-4-15-10(9(7)8)16-5-6/h1-5H. The third-order valence-corrected chi connectivity index (χ3v) is 2.56. The highest BCUT2D eigenvalue weighted by molar-refractivity contribution is 6.07. The molecule has 2 nitrogen and oxygen atoms in total. The van der Waals surface area contributed by atoms with Crippen LogP contribution in [0.3, 0.4) is 0 Å². The Morgan fingerprint density at radius 3 is 2.31 bits per heavy atom. The lowest BCUT2D eigenvalue weighted by atomic mass is 10.0. The number of alkyl halides is 3. The summed E-state index contributed by atoms with van der Waals surface area (Å²) in [6, 6.07) is 4.10. The Morgan fingerprint density at radius 2 is 1.69 bits per heavy atom. The number of halogens is 3. The molecule has 0 saturated carbocycles. The van der Waals surface area contributed by atoms with Gasteiger partial charge in [0.05, 0.1) is 5.56 Å². The van der Waals surface area contributed by atoms with Crippen LogP contribution in [-0.2, 0) is 6.18 Å². The molecule has 2 bridgehead atoms. The molecule has 0 atom stereocenters. The summed E-state index contributed by atoms with van der Waals surface area (Å²) in [6.07, 6.45) is -1.31. The van der Waals surface area contributed by atoms with Gasteiger partial charge in [-0.15, -0.1) is 0 Å². The maximum atomic E-state index is 12.8. The fourth-order valence-electron chi connectivity index (χ4n) is 1.87. The van der Waals surface area contributed by atoms with Gasteiger partial charge < -0.3 is 0 Å². The van der Waals surface area contributed by atoms with Crippen molar-refractivity contribution in [3.63, 3.8) is 0 Å². The summed E-state index contributed by atoms with van der Waals surface area (Å²) in [7, 11) is 0. The maximum absolute atomic E-state index is 12.8. The lowest BCUT2D eigenvalue weighted by Crippen LogP contribution is -2.07. The Bertz CT molecular complexity index is 640. The van der Waals surface area contributed by atoms with Gasteiger partial charge in [-0.2, -0.15) is 13.2 Å². The number of rotatable bonds is 0. The van der Waals surface area contributed by atoms with Gasteiger partial charge in [0.15, 0.2) is 5.65 Å².